The van der Waals surface area contributed by atoms with Crippen molar-refractivity contribution in [3.05, 3.63) is 42.5 Å². The molecule has 0 fully saturated rings. The predicted octanol–water partition coefficient (Wildman–Crippen LogP) is 2.14. The van der Waals surface area contributed by atoms with Crippen molar-refractivity contribution in [1.29, 1.82) is 5.26 Å². The van der Waals surface area contributed by atoms with Crippen molar-refractivity contribution < 1.29 is 4.42 Å². The van der Waals surface area contributed by atoms with Crippen molar-refractivity contribution in [2.75, 3.05) is 5.73 Å². The van der Waals surface area contributed by atoms with Gasteiger partial charge in [0.25, 0.3) is 0 Å². The third kappa shape index (κ3) is 2.16. The molecule has 24 heavy (non-hydrogen) atoms. The van der Waals surface area contributed by atoms with Crippen LogP contribution in [0.25, 0.3) is 33.7 Å². The highest BCUT2D eigenvalue weighted by Crippen LogP contribution is 2.31. The van der Waals surface area contributed by atoms with Crippen LogP contribution in [-0.4, -0.2) is 24.7 Å². The van der Waals surface area contributed by atoms with E-state index >= 15 is 0 Å². The molecule has 4 aromatic rings. The Morgan fingerprint density at radius 2 is 2.08 bits per heavy atom. The van der Waals surface area contributed by atoms with Crippen LogP contribution in [-0.2, 0) is 7.05 Å². The third-order valence-corrected chi connectivity index (χ3v) is 3.59. The van der Waals surface area contributed by atoms with Crippen LogP contribution in [0, 0.1) is 11.3 Å². The summed E-state index contributed by atoms with van der Waals surface area (Å²) in [4.78, 5) is 12.9. The first kappa shape index (κ1) is 13.9. The van der Waals surface area contributed by atoms with Crippen molar-refractivity contribution in [1.82, 2.24) is 24.7 Å². The van der Waals surface area contributed by atoms with E-state index in [2.05, 4.69) is 20.1 Å². The molecule has 0 radical (unpaired) electrons. The van der Waals surface area contributed by atoms with Crippen LogP contribution in [0.15, 0.2) is 41.3 Å². The smallest absolute Gasteiger partial charge is 0.183 e. The lowest BCUT2D eigenvalue weighted by molar-refractivity contribution is 0.602. The van der Waals surface area contributed by atoms with E-state index in [1.165, 1.54) is 6.39 Å². The summed E-state index contributed by atoms with van der Waals surface area (Å²) in [6.07, 6.45) is 3.18. The molecule has 0 amide bonds. The molecule has 0 aliphatic carbocycles. The Bertz CT molecular complexity index is 1100. The molecule has 0 aliphatic heterocycles. The number of anilines is 1. The number of nitriles is 1. The number of aryl methyl sites for hydroxylation is 1. The van der Waals surface area contributed by atoms with Crippen molar-refractivity contribution in [2.24, 2.45) is 7.05 Å². The predicted molar refractivity (Wildman–Crippen MR) is 86.4 cm³/mol. The van der Waals surface area contributed by atoms with Gasteiger partial charge in [0.1, 0.15) is 28.7 Å². The van der Waals surface area contributed by atoms with Crippen LogP contribution >= 0.6 is 0 Å². The molecule has 1 aromatic carbocycles. The van der Waals surface area contributed by atoms with Gasteiger partial charge in [0.15, 0.2) is 23.5 Å². The minimum absolute atomic E-state index is 0.0735. The molecule has 0 atom stereocenters. The van der Waals surface area contributed by atoms with E-state index in [0.717, 1.165) is 5.56 Å². The molecule has 0 saturated heterocycles. The summed E-state index contributed by atoms with van der Waals surface area (Å²) in [7, 11) is 1.81. The number of aromatic nitrogens is 5. The summed E-state index contributed by atoms with van der Waals surface area (Å²) in [5, 5.41) is 13.6. The molecule has 3 heterocycles. The number of hydrogen-bond acceptors (Lipinski definition) is 7. The first-order valence-corrected chi connectivity index (χ1v) is 7.07. The molecule has 0 spiro atoms. The summed E-state index contributed by atoms with van der Waals surface area (Å²) in [6, 6.07) is 9.23. The molecule has 8 nitrogen and oxygen atoms in total. The van der Waals surface area contributed by atoms with Crippen LogP contribution in [0.3, 0.4) is 0 Å². The highest BCUT2D eigenvalue weighted by Gasteiger charge is 2.18. The zero-order chi connectivity index (χ0) is 16.7. The third-order valence-electron chi connectivity index (χ3n) is 3.59. The monoisotopic (exact) mass is 317 g/mol. The number of fused-ring (bicyclic) bond motifs is 1. The van der Waals surface area contributed by atoms with Gasteiger partial charge >= 0.3 is 0 Å². The zero-order valence-corrected chi connectivity index (χ0v) is 12.6. The maximum atomic E-state index is 9.21. The summed E-state index contributed by atoms with van der Waals surface area (Å²) < 4.78 is 6.92. The van der Waals surface area contributed by atoms with E-state index in [-0.39, 0.29) is 11.5 Å². The molecular formula is C16H11N7O. The number of oxazole rings is 1. The Morgan fingerprint density at radius 1 is 1.21 bits per heavy atom. The average molecular weight is 317 g/mol. The Kier molecular flexibility index (Phi) is 2.99. The lowest BCUT2D eigenvalue weighted by Gasteiger charge is -2.08. The van der Waals surface area contributed by atoms with Crippen molar-refractivity contribution in [2.45, 2.75) is 0 Å². The van der Waals surface area contributed by atoms with Gasteiger partial charge in [-0.1, -0.05) is 0 Å². The number of hydrogen-bond donors (Lipinski definition) is 1. The van der Waals surface area contributed by atoms with E-state index in [0.29, 0.717) is 28.2 Å². The van der Waals surface area contributed by atoms with Gasteiger partial charge < -0.3 is 10.2 Å². The summed E-state index contributed by atoms with van der Waals surface area (Å²) in [5.41, 5.74) is 9.67. The topological polar surface area (TPSA) is 119 Å². The van der Waals surface area contributed by atoms with Gasteiger partial charge in [-0.3, -0.25) is 4.68 Å². The second-order valence-corrected chi connectivity index (χ2v) is 5.18. The van der Waals surface area contributed by atoms with Crippen LogP contribution in [0.1, 0.15) is 5.69 Å². The Labute approximate surface area is 136 Å². The van der Waals surface area contributed by atoms with Gasteiger partial charge in [0.05, 0.1) is 0 Å². The van der Waals surface area contributed by atoms with Crippen LogP contribution in [0.2, 0.25) is 0 Å². The summed E-state index contributed by atoms with van der Waals surface area (Å²) >= 11 is 0. The largest absolute Gasteiger partial charge is 0.443 e. The molecule has 0 unspecified atom stereocenters. The fourth-order valence-corrected chi connectivity index (χ4v) is 2.46. The minimum Gasteiger partial charge on any atom is -0.443 e. The second kappa shape index (κ2) is 5.17. The standard InChI is InChI=1S/C16H11N7O/c1-23-5-4-10(22-23)15-14(20-12(7-17)16(18)21-15)9-2-3-13-11(6-9)19-8-24-13/h2-6,8H,1H3,(H2,18,21). The highest BCUT2D eigenvalue weighted by atomic mass is 16.3. The minimum atomic E-state index is 0.0735. The van der Waals surface area contributed by atoms with Crippen LogP contribution < -0.4 is 5.73 Å². The number of nitrogens with two attached hydrogens (primary N) is 1. The lowest BCUT2D eigenvalue weighted by atomic mass is 10.1. The Morgan fingerprint density at radius 3 is 2.83 bits per heavy atom. The number of benzene rings is 1. The quantitative estimate of drug-likeness (QED) is 0.601. The van der Waals surface area contributed by atoms with Crippen molar-refractivity contribution >= 4 is 16.9 Å². The van der Waals surface area contributed by atoms with Crippen molar-refractivity contribution in [3.63, 3.8) is 0 Å². The first-order valence-electron chi connectivity index (χ1n) is 7.07. The number of nitrogen functional groups attached to an aromatic ring is 1. The van der Waals surface area contributed by atoms with E-state index < -0.39 is 0 Å². The molecule has 0 bridgehead atoms. The maximum absolute atomic E-state index is 9.21. The molecule has 0 aliphatic rings. The molecule has 4 rings (SSSR count). The fourth-order valence-electron chi connectivity index (χ4n) is 2.46. The zero-order valence-electron chi connectivity index (χ0n) is 12.6. The molecule has 0 saturated carbocycles. The van der Waals surface area contributed by atoms with Gasteiger partial charge in [0.2, 0.25) is 0 Å². The van der Waals surface area contributed by atoms with Gasteiger partial charge in [-0.05, 0) is 24.3 Å². The fraction of sp³-hybridized carbons (Fsp3) is 0.0625. The highest BCUT2D eigenvalue weighted by molar-refractivity contribution is 5.84. The Hall–Kier alpha value is -3.73. The van der Waals surface area contributed by atoms with Crippen molar-refractivity contribution in [3.8, 4) is 28.7 Å². The number of nitrogens with zero attached hydrogens (tertiary/aromatic N) is 6. The summed E-state index contributed by atoms with van der Waals surface area (Å²) in [5.74, 6) is 0.0735. The maximum Gasteiger partial charge on any atom is 0.183 e. The SMILES string of the molecule is Cn1ccc(-c2nc(N)c(C#N)nc2-c2ccc3ocnc3c2)n1. The van der Waals surface area contributed by atoms with Gasteiger partial charge in [-0.2, -0.15) is 10.4 Å². The van der Waals surface area contributed by atoms with E-state index in [4.69, 9.17) is 10.2 Å². The second-order valence-electron chi connectivity index (χ2n) is 5.18. The first-order chi connectivity index (χ1) is 11.7. The molecule has 2 N–H and O–H groups in total. The van der Waals surface area contributed by atoms with Crippen LogP contribution in [0.4, 0.5) is 5.82 Å². The molecular weight excluding hydrogens is 306 g/mol. The van der Waals surface area contributed by atoms with Gasteiger partial charge in [-0.25, -0.2) is 15.0 Å². The molecule has 3 aromatic heterocycles. The molecule has 8 heteroatoms. The normalized spacial score (nSPS) is 10.8. The number of rotatable bonds is 2. The van der Waals surface area contributed by atoms with E-state index in [1.807, 2.05) is 31.3 Å². The van der Waals surface area contributed by atoms with E-state index in [1.54, 1.807) is 16.9 Å². The van der Waals surface area contributed by atoms with Gasteiger partial charge in [0, 0.05) is 18.8 Å². The average Bonchev–Trinajstić information content (AvgIpc) is 3.22. The Balaban J connectivity index is 1.99. The van der Waals surface area contributed by atoms with Crippen LogP contribution in [0.5, 0.6) is 0 Å². The lowest BCUT2D eigenvalue weighted by Crippen LogP contribution is -2.03. The van der Waals surface area contributed by atoms with E-state index in [9.17, 15) is 5.26 Å². The molecule has 116 valence electrons. The van der Waals surface area contributed by atoms with Gasteiger partial charge in [-0.15, -0.1) is 0 Å². The summed E-state index contributed by atoms with van der Waals surface area (Å²) in [6.45, 7) is 0.